The van der Waals surface area contributed by atoms with Crippen molar-refractivity contribution in [2.75, 3.05) is 42.3 Å². The molecule has 0 saturated carbocycles. The first-order valence-electron chi connectivity index (χ1n) is 10.2. The maximum absolute atomic E-state index is 12.4. The Morgan fingerprint density at radius 3 is 2.69 bits per heavy atom. The molecular formula is C22H24ClN5O3S. The van der Waals surface area contributed by atoms with Crippen molar-refractivity contribution in [3.05, 3.63) is 64.9 Å². The number of rotatable bonds is 7. The first-order valence-corrected chi connectivity index (χ1v) is 11.6. The lowest BCUT2D eigenvalue weighted by Crippen LogP contribution is -2.36. The number of ether oxygens (including phenoxy) is 1. The van der Waals surface area contributed by atoms with Crippen LogP contribution in [0.1, 0.15) is 17.5 Å². The zero-order valence-electron chi connectivity index (χ0n) is 17.6. The number of amides is 1. The Labute approximate surface area is 195 Å². The van der Waals surface area contributed by atoms with Gasteiger partial charge < -0.3 is 24.6 Å². The number of halogens is 1. The molecule has 32 heavy (non-hydrogen) atoms. The summed E-state index contributed by atoms with van der Waals surface area (Å²) in [5, 5.41) is 22.8. The van der Waals surface area contributed by atoms with Crippen LogP contribution in [0.25, 0.3) is 0 Å². The van der Waals surface area contributed by atoms with Gasteiger partial charge in [0.15, 0.2) is 11.0 Å². The first kappa shape index (κ1) is 22.6. The van der Waals surface area contributed by atoms with Crippen molar-refractivity contribution in [3.63, 3.8) is 0 Å². The molecule has 168 valence electrons. The molecule has 1 fully saturated rings. The quantitative estimate of drug-likeness (QED) is 0.509. The second kappa shape index (κ2) is 10.4. The highest BCUT2D eigenvalue weighted by Crippen LogP contribution is 2.30. The molecule has 0 unspecified atom stereocenters. The maximum atomic E-state index is 12.4. The first-order chi connectivity index (χ1) is 15.5. The van der Waals surface area contributed by atoms with Crippen molar-refractivity contribution in [1.82, 2.24) is 14.8 Å². The van der Waals surface area contributed by atoms with Crippen LogP contribution >= 0.6 is 23.4 Å². The number of carbonyl (C=O) groups is 1. The second-order valence-electron chi connectivity index (χ2n) is 7.32. The molecule has 2 N–H and O–H groups in total. The highest BCUT2D eigenvalue weighted by molar-refractivity contribution is 7.99. The third-order valence-electron chi connectivity index (χ3n) is 5.14. The Hall–Kier alpha value is -2.59. The molecule has 1 atom stereocenters. The molecule has 1 saturated heterocycles. The van der Waals surface area contributed by atoms with Crippen LogP contribution in [0, 0.1) is 0 Å². The summed E-state index contributed by atoms with van der Waals surface area (Å²) in [6.45, 7) is 2.94. The number of nitrogens with zero attached hydrogens (tertiary/aromatic N) is 4. The zero-order valence-corrected chi connectivity index (χ0v) is 19.1. The minimum absolute atomic E-state index is 0.149. The molecule has 0 spiro atoms. The molecule has 2 aromatic carbocycles. The third-order valence-corrected chi connectivity index (χ3v) is 6.47. The van der Waals surface area contributed by atoms with Gasteiger partial charge in [0.1, 0.15) is 6.10 Å². The van der Waals surface area contributed by atoms with Gasteiger partial charge in [0.05, 0.1) is 29.7 Å². The number of aliphatic hydroxyl groups is 1. The topological polar surface area (TPSA) is 92.5 Å². The van der Waals surface area contributed by atoms with Gasteiger partial charge >= 0.3 is 0 Å². The van der Waals surface area contributed by atoms with Crippen LogP contribution in [0.5, 0.6) is 0 Å². The van der Waals surface area contributed by atoms with Crippen LogP contribution in [0.15, 0.2) is 53.7 Å². The number of anilines is 2. The maximum Gasteiger partial charge on any atom is 0.234 e. The average Bonchev–Trinajstić information content (AvgIpc) is 3.18. The van der Waals surface area contributed by atoms with E-state index in [4.69, 9.17) is 16.3 Å². The molecule has 0 radical (unpaired) electrons. The van der Waals surface area contributed by atoms with Gasteiger partial charge in [-0.1, -0.05) is 53.7 Å². The van der Waals surface area contributed by atoms with Gasteiger partial charge in [-0.3, -0.25) is 4.79 Å². The van der Waals surface area contributed by atoms with Crippen LogP contribution < -0.4 is 10.2 Å². The number of aliphatic hydroxyl groups excluding tert-OH is 1. The van der Waals surface area contributed by atoms with Gasteiger partial charge in [-0.2, -0.15) is 0 Å². The van der Waals surface area contributed by atoms with E-state index in [1.54, 1.807) is 17.7 Å². The van der Waals surface area contributed by atoms with E-state index in [1.165, 1.54) is 11.8 Å². The molecule has 1 aromatic heterocycles. The van der Waals surface area contributed by atoms with Gasteiger partial charge in [-0.05, 0) is 23.8 Å². The van der Waals surface area contributed by atoms with Crippen molar-refractivity contribution in [2.45, 2.75) is 11.3 Å². The number of hydrogen-bond donors (Lipinski definition) is 2. The summed E-state index contributed by atoms with van der Waals surface area (Å²) in [5.74, 6) is 0.388. The molecule has 1 aliphatic heterocycles. The molecular weight excluding hydrogens is 450 g/mol. The number of morpholine rings is 1. The number of hydrogen-bond acceptors (Lipinski definition) is 7. The molecule has 2 heterocycles. The van der Waals surface area contributed by atoms with E-state index in [0.29, 0.717) is 34.9 Å². The Balaban J connectivity index is 1.34. The summed E-state index contributed by atoms with van der Waals surface area (Å²) in [4.78, 5) is 14.6. The normalized spacial score (nSPS) is 14.9. The van der Waals surface area contributed by atoms with Gasteiger partial charge in [0.2, 0.25) is 5.91 Å². The van der Waals surface area contributed by atoms with Crippen molar-refractivity contribution in [2.24, 2.45) is 7.05 Å². The van der Waals surface area contributed by atoms with Crippen molar-refractivity contribution >= 4 is 40.6 Å². The van der Waals surface area contributed by atoms with E-state index < -0.39 is 6.10 Å². The van der Waals surface area contributed by atoms with Crippen LogP contribution in [-0.2, 0) is 16.6 Å². The van der Waals surface area contributed by atoms with Crippen LogP contribution in [0.3, 0.4) is 0 Å². The Bertz CT molecular complexity index is 1070. The van der Waals surface area contributed by atoms with Crippen LogP contribution in [0.4, 0.5) is 11.4 Å². The van der Waals surface area contributed by atoms with Crippen molar-refractivity contribution in [3.8, 4) is 0 Å². The predicted octanol–water partition coefficient (Wildman–Crippen LogP) is 3.12. The fourth-order valence-corrected chi connectivity index (χ4v) is 4.47. The monoisotopic (exact) mass is 473 g/mol. The largest absolute Gasteiger partial charge is 0.380 e. The zero-order chi connectivity index (χ0) is 22.5. The molecule has 3 aromatic rings. The summed E-state index contributed by atoms with van der Waals surface area (Å²) < 4.78 is 7.07. The van der Waals surface area contributed by atoms with E-state index in [9.17, 15) is 9.90 Å². The van der Waals surface area contributed by atoms with E-state index >= 15 is 0 Å². The SMILES string of the molecule is Cn1c(SCC(=O)Nc2ccc(N3CCOCC3)c(Cl)c2)nnc1[C@H](O)c1ccccc1. The average molecular weight is 474 g/mol. The predicted molar refractivity (Wildman–Crippen MR) is 125 cm³/mol. The number of thioether (sulfide) groups is 1. The van der Waals surface area contributed by atoms with E-state index in [-0.39, 0.29) is 11.7 Å². The van der Waals surface area contributed by atoms with E-state index in [0.717, 1.165) is 24.3 Å². The Morgan fingerprint density at radius 1 is 1.22 bits per heavy atom. The number of carbonyl (C=O) groups excluding carboxylic acids is 1. The molecule has 0 aliphatic carbocycles. The lowest BCUT2D eigenvalue weighted by molar-refractivity contribution is -0.113. The fraction of sp³-hybridized carbons (Fsp3) is 0.318. The fourth-order valence-electron chi connectivity index (χ4n) is 3.45. The molecule has 1 amide bonds. The number of benzene rings is 2. The highest BCUT2D eigenvalue weighted by Gasteiger charge is 2.20. The summed E-state index contributed by atoms with van der Waals surface area (Å²) in [5.41, 5.74) is 2.30. The number of aromatic nitrogens is 3. The van der Waals surface area contributed by atoms with Gasteiger partial charge in [-0.15, -0.1) is 10.2 Å². The van der Waals surface area contributed by atoms with E-state index in [2.05, 4.69) is 20.4 Å². The molecule has 1 aliphatic rings. The molecule has 10 heteroatoms. The third kappa shape index (κ3) is 5.24. The van der Waals surface area contributed by atoms with Gasteiger partial charge in [0.25, 0.3) is 0 Å². The summed E-state index contributed by atoms with van der Waals surface area (Å²) in [7, 11) is 1.77. The Kier molecular flexibility index (Phi) is 7.31. The standard InChI is InChI=1S/C22H24ClN5O3S/c1-27-21(20(30)15-5-3-2-4-6-15)25-26-22(27)32-14-19(29)24-16-7-8-18(17(23)13-16)28-9-11-31-12-10-28/h2-8,13,20,30H,9-12,14H2,1H3,(H,24,29)/t20-/m1/s1. The Morgan fingerprint density at radius 2 is 1.97 bits per heavy atom. The molecule has 4 rings (SSSR count). The lowest BCUT2D eigenvalue weighted by Gasteiger charge is -2.29. The van der Waals surface area contributed by atoms with Gasteiger partial charge in [-0.25, -0.2) is 0 Å². The highest BCUT2D eigenvalue weighted by atomic mass is 35.5. The smallest absolute Gasteiger partial charge is 0.234 e. The summed E-state index contributed by atoms with van der Waals surface area (Å²) in [6, 6.07) is 14.8. The number of nitrogens with one attached hydrogen (secondary N) is 1. The van der Waals surface area contributed by atoms with Crippen LogP contribution in [-0.4, -0.2) is 57.8 Å². The summed E-state index contributed by atoms with van der Waals surface area (Å²) in [6.07, 6.45) is -0.885. The molecule has 8 nitrogen and oxygen atoms in total. The minimum atomic E-state index is -0.885. The molecule has 0 bridgehead atoms. The summed E-state index contributed by atoms with van der Waals surface area (Å²) >= 11 is 7.69. The van der Waals surface area contributed by atoms with Gasteiger partial charge in [0, 0.05) is 25.8 Å². The second-order valence-corrected chi connectivity index (χ2v) is 8.67. The van der Waals surface area contributed by atoms with Crippen LogP contribution in [0.2, 0.25) is 5.02 Å². The lowest BCUT2D eigenvalue weighted by atomic mass is 10.1. The van der Waals surface area contributed by atoms with Crippen molar-refractivity contribution < 1.29 is 14.6 Å². The van der Waals surface area contributed by atoms with E-state index in [1.807, 2.05) is 42.5 Å². The van der Waals surface area contributed by atoms with Crippen molar-refractivity contribution in [1.29, 1.82) is 0 Å². The minimum Gasteiger partial charge on any atom is -0.380 e.